The molecule has 0 saturated heterocycles. The van der Waals surface area contributed by atoms with Crippen molar-refractivity contribution in [3.05, 3.63) is 0 Å². The highest BCUT2D eigenvalue weighted by Gasteiger charge is 2.05. The average Bonchev–Trinajstić information content (AvgIpc) is 1.97. The van der Waals surface area contributed by atoms with Crippen molar-refractivity contribution in [2.75, 3.05) is 6.61 Å². The molecule has 88 valence electrons. The summed E-state index contributed by atoms with van der Waals surface area (Å²) in [6, 6.07) is 0. The molecule has 0 fully saturated rings. The van der Waals surface area contributed by atoms with E-state index < -0.39 is 33.7 Å². The van der Waals surface area contributed by atoms with E-state index in [1.165, 1.54) is 0 Å². The van der Waals surface area contributed by atoms with Gasteiger partial charge >= 0.3 is 16.8 Å². The smallest absolute Gasteiger partial charge is 0.253 e. The zero-order chi connectivity index (χ0) is 12.5. The highest BCUT2D eigenvalue weighted by Crippen LogP contribution is 1.87. The number of alkyl halides is 3. The zero-order valence-corrected chi connectivity index (χ0v) is 8.56. The molecule has 0 rings (SSSR count). The molecule has 0 bridgehead atoms. The van der Waals surface area contributed by atoms with Crippen LogP contribution in [0.5, 0.6) is 0 Å². The van der Waals surface area contributed by atoms with Crippen LogP contribution in [0, 0.1) is 12.3 Å². The molecule has 0 aliphatic rings. The van der Waals surface area contributed by atoms with Crippen molar-refractivity contribution < 1.29 is 34.2 Å². The summed E-state index contributed by atoms with van der Waals surface area (Å²) in [5, 5.41) is 0. The molecule has 0 atom stereocenters. The van der Waals surface area contributed by atoms with Gasteiger partial charge in [0.15, 0.2) is 4.70 Å². The summed E-state index contributed by atoms with van der Waals surface area (Å²) < 4.78 is 73.5. The van der Waals surface area contributed by atoms with E-state index in [0.29, 0.717) is 0 Å². The van der Waals surface area contributed by atoms with E-state index in [0.717, 1.165) is 0 Å². The number of halogens is 3. The van der Waals surface area contributed by atoms with Crippen LogP contribution in [-0.4, -0.2) is 34.8 Å². The topological polar surface area (TPSA) is 77.5 Å². The van der Waals surface area contributed by atoms with E-state index in [1.54, 1.807) is 0 Å². The molecule has 0 aliphatic carbocycles. The highest BCUT2D eigenvalue weighted by molar-refractivity contribution is 8.10. The van der Waals surface area contributed by atoms with Gasteiger partial charge in [-0.3, -0.25) is 4.18 Å². The largest absolute Gasteiger partial charge is 0.379 e. The maximum absolute atomic E-state index is 10.4. The summed E-state index contributed by atoms with van der Waals surface area (Å²) in [5.41, 5.74) is 0. The highest BCUT2D eigenvalue weighted by atomic mass is 32.3. The van der Waals surface area contributed by atoms with Crippen LogP contribution in [0.1, 0.15) is 0 Å². The first-order chi connectivity index (χ1) is 6.71. The third-order valence-corrected chi connectivity index (χ3v) is 2.52. The summed E-state index contributed by atoms with van der Waals surface area (Å²) in [5.74, 6) is 1.87. The number of hydrogen-bond acceptors (Lipinski definition) is 5. The van der Waals surface area contributed by atoms with Crippen molar-refractivity contribution in [1.29, 1.82) is 0 Å². The molecule has 0 aromatic carbocycles. The van der Waals surface area contributed by atoms with Crippen molar-refractivity contribution in [3.63, 3.8) is 0 Å². The van der Waals surface area contributed by atoms with Gasteiger partial charge in [0.1, 0.15) is 6.61 Å². The van der Waals surface area contributed by atoms with Gasteiger partial charge in [0.05, 0.1) is 0 Å². The van der Waals surface area contributed by atoms with E-state index >= 15 is 0 Å². The molecular weight excluding hydrogens is 261 g/mol. The second kappa shape index (κ2) is 8.27. The molecule has 0 unspecified atom stereocenters. The fraction of sp³-hybridized carbons (Fsp3) is 0.400. The second-order valence-electron chi connectivity index (χ2n) is 1.56. The van der Waals surface area contributed by atoms with Crippen LogP contribution in [-0.2, 0) is 24.6 Å². The lowest BCUT2D eigenvalue weighted by molar-refractivity contribution is 0.00819. The molecule has 0 aliphatic heterocycles. The first-order valence-electron chi connectivity index (χ1n) is 2.89. The molecule has 0 aromatic heterocycles. The Balaban J connectivity index is 0. The van der Waals surface area contributed by atoms with E-state index in [4.69, 9.17) is 0 Å². The third kappa shape index (κ3) is 19.4. The Bertz CT molecular complexity index is 419. The molecule has 0 N–H and O–H groups in total. The van der Waals surface area contributed by atoms with Crippen molar-refractivity contribution in [2.45, 2.75) is 6.68 Å². The quantitative estimate of drug-likeness (QED) is 0.401. The van der Waals surface area contributed by atoms with Crippen LogP contribution >= 0.6 is 0 Å². The Morgan fingerprint density at radius 1 is 1.40 bits per heavy atom. The van der Waals surface area contributed by atoms with Crippen molar-refractivity contribution in [3.8, 4) is 12.3 Å². The number of terminal acetylenes is 1. The van der Waals surface area contributed by atoms with Crippen LogP contribution in [0.4, 0.5) is 13.2 Å². The lowest BCUT2D eigenvalue weighted by atomic mass is 10.8. The summed E-state index contributed by atoms with van der Waals surface area (Å²) in [7, 11) is -6.92. The molecule has 0 heterocycles. The maximum Gasteiger partial charge on any atom is 0.379 e. The predicted octanol–water partition coefficient (Wildman–Crippen LogP) is -0.217. The Hall–Kier alpha value is -1.05. The summed E-state index contributed by atoms with van der Waals surface area (Å²) in [6.45, 7) is -4.14. The first-order valence-corrected chi connectivity index (χ1v) is 5.50. The fourth-order valence-electron chi connectivity index (χ4n) is 0.240. The molecular formula is C5H5F3O5S2. The van der Waals surface area contributed by atoms with Crippen molar-refractivity contribution in [1.82, 2.24) is 0 Å². The van der Waals surface area contributed by atoms with Gasteiger partial charge in [-0.15, -0.1) is 6.42 Å². The normalized spacial score (nSPS) is 9.80. The van der Waals surface area contributed by atoms with Gasteiger partial charge < -0.3 is 0 Å². The first kappa shape index (κ1) is 16.4. The minimum atomic E-state index is -4.12. The SMILES string of the molecule is C#CCOS(=O)(=O)C=S(=O)=O.FC(F)F. The Kier molecular flexibility index (Phi) is 9.04. The maximum atomic E-state index is 10.4. The number of rotatable bonds is 3. The standard InChI is InChI=1S/C4H4O5S2.CHF3/c1-2-3-9-11(7,8)4-10(5)6;2-1(3)4/h1,4H,3H2;1H. The molecule has 15 heavy (non-hydrogen) atoms. The van der Waals surface area contributed by atoms with Gasteiger partial charge in [0.25, 0.3) is 0 Å². The molecule has 0 radical (unpaired) electrons. The van der Waals surface area contributed by atoms with Crippen LogP contribution < -0.4 is 0 Å². The van der Waals surface area contributed by atoms with Crippen molar-refractivity contribution >= 4 is 25.1 Å². The van der Waals surface area contributed by atoms with Crippen LogP contribution in [0.15, 0.2) is 0 Å². The number of hydrogen-bond donors (Lipinski definition) is 0. The lowest BCUT2D eigenvalue weighted by Gasteiger charge is -1.90. The molecule has 0 aromatic rings. The van der Waals surface area contributed by atoms with Gasteiger partial charge in [-0.05, 0) is 0 Å². The van der Waals surface area contributed by atoms with Gasteiger partial charge in [0, 0.05) is 0 Å². The molecule has 0 amide bonds. The summed E-state index contributed by atoms with van der Waals surface area (Å²) in [4.78, 5) is 0. The van der Waals surface area contributed by atoms with Crippen LogP contribution in [0.2, 0.25) is 0 Å². The minimum Gasteiger partial charge on any atom is -0.253 e. The Morgan fingerprint density at radius 2 is 1.80 bits per heavy atom. The monoisotopic (exact) mass is 266 g/mol. The Morgan fingerprint density at radius 3 is 2.07 bits per heavy atom. The molecule has 0 saturated carbocycles. The van der Waals surface area contributed by atoms with Gasteiger partial charge in [-0.25, -0.2) is 0 Å². The van der Waals surface area contributed by atoms with Crippen molar-refractivity contribution in [2.24, 2.45) is 0 Å². The zero-order valence-electron chi connectivity index (χ0n) is 6.93. The summed E-state index contributed by atoms with van der Waals surface area (Å²) >= 11 is 0. The van der Waals surface area contributed by atoms with E-state index in [-0.39, 0.29) is 4.70 Å². The van der Waals surface area contributed by atoms with E-state index in [9.17, 15) is 30.0 Å². The lowest BCUT2D eigenvalue weighted by Crippen LogP contribution is -2.07. The van der Waals surface area contributed by atoms with Gasteiger partial charge in [0.2, 0.25) is 10.3 Å². The molecule has 5 nitrogen and oxygen atoms in total. The van der Waals surface area contributed by atoms with Gasteiger partial charge in [-0.1, -0.05) is 5.92 Å². The fourth-order valence-corrected chi connectivity index (χ4v) is 1.46. The Labute approximate surface area is 85.5 Å². The van der Waals surface area contributed by atoms with E-state index in [1.807, 2.05) is 5.92 Å². The minimum absolute atomic E-state index is 0.0321. The third-order valence-electron chi connectivity index (χ3n) is 0.503. The summed E-state index contributed by atoms with van der Waals surface area (Å²) in [6.07, 6.45) is 4.66. The van der Waals surface area contributed by atoms with Gasteiger partial charge in [-0.2, -0.15) is 30.0 Å². The second-order valence-corrected chi connectivity index (χ2v) is 4.08. The van der Waals surface area contributed by atoms with E-state index in [2.05, 4.69) is 10.6 Å². The molecule has 10 heteroatoms. The van der Waals surface area contributed by atoms with Crippen LogP contribution in [0.3, 0.4) is 0 Å². The van der Waals surface area contributed by atoms with Crippen LogP contribution in [0.25, 0.3) is 0 Å². The molecule has 0 spiro atoms. The predicted molar refractivity (Wildman–Crippen MR) is 45.8 cm³/mol. The average molecular weight is 266 g/mol.